The molecular formula is C25H38O4. The van der Waals surface area contributed by atoms with Gasteiger partial charge in [-0.05, 0) is 62.3 Å². The van der Waals surface area contributed by atoms with E-state index in [0.29, 0.717) is 6.42 Å². The predicted octanol–water partition coefficient (Wildman–Crippen LogP) is 5.41. The highest BCUT2D eigenvalue weighted by Crippen LogP contribution is 2.43. The quantitative estimate of drug-likeness (QED) is 0.392. The number of fused-ring (bicyclic) bond motifs is 1. The van der Waals surface area contributed by atoms with Gasteiger partial charge in [-0.2, -0.15) is 0 Å². The van der Waals surface area contributed by atoms with Gasteiger partial charge in [0, 0.05) is 18.8 Å². The molecule has 1 spiro atoms. The summed E-state index contributed by atoms with van der Waals surface area (Å²) in [4.78, 5) is 12.1. The van der Waals surface area contributed by atoms with Crippen LogP contribution in [0.5, 0.6) is 0 Å². The molecule has 1 saturated heterocycles. The zero-order chi connectivity index (χ0) is 20.7. The Morgan fingerprint density at radius 3 is 2.72 bits per heavy atom. The Balaban J connectivity index is 1.52. The van der Waals surface area contributed by atoms with Crippen molar-refractivity contribution in [3.05, 3.63) is 36.0 Å². The topological polar surface area (TPSA) is 55.8 Å². The zero-order valence-corrected chi connectivity index (χ0v) is 18.0. The minimum atomic E-state index is -0.732. The first-order valence-electron chi connectivity index (χ1n) is 11.6. The number of unbranched alkanes of at least 4 members (excludes halogenated alkanes) is 6. The van der Waals surface area contributed by atoms with Crippen molar-refractivity contribution in [1.29, 1.82) is 0 Å². The van der Waals surface area contributed by atoms with E-state index in [0.717, 1.165) is 43.3 Å². The van der Waals surface area contributed by atoms with Gasteiger partial charge in [0.15, 0.2) is 11.6 Å². The second-order valence-corrected chi connectivity index (χ2v) is 8.97. The molecule has 0 aromatic rings. The van der Waals surface area contributed by atoms with Gasteiger partial charge >= 0.3 is 0 Å². The average molecular weight is 403 g/mol. The molecule has 0 radical (unpaired) electrons. The van der Waals surface area contributed by atoms with Crippen LogP contribution in [0.2, 0.25) is 0 Å². The second kappa shape index (κ2) is 10.7. The molecule has 0 aromatic carbocycles. The van der Waals surface area contributed by atoms with E-state index in [1.165, 1.54) is 38.5 Å². The number of carbonyl (C=O) groups excluding carboxylic acids is 1. The largest absolute Gasteiger partial charge is 0.392 e. The van der Waals surface area contributed by atoms with Gasteiger partial charge in [0.1, 0.15) is 0 Å². The SMILES string of the molecule is C=CCCCCCCCC[C@@H]1CCC[C@]2(C=C(CO)[C@H]3CC(=O)C(C)=C[C@H]3O2)O1. The van der Waals surface area contributed by atoms with Gasteiger partial charge in [-0.1, -0.05) is 38.2 Å². The number of hydrogen-bond donors (Lipinski definition) is 1. The fraction of sp³-hybridized carbons (Fsp3) is 0.720. The van der Waals surface area contributed by atoms with Gasteiger partial charge in [-0.3, -0.25) is 4.79 Å². The van der Waals surface area contributed by atoms with Crippen LogP contribution >= 0.6 is 0 Å². The lowest BCUT2D eigenvalue weighted by Crippen LogP contribution is -2.50. The maximum atomic E-state index is 12.1. The molecule has 4 nitrogen and oxygen atoms in total. The Morgan fingerprint density at radius 2 is 1.97 bits per heavy atom. The molecule has 0 bridgehead atoms. The van der Waals surface area contributed by atoms with E-state index in [9.17, 15) is 9.90 Å². The van der Waals surface area contributed by atoms with Gasteiger partial charge in [-0.25, -0.2) is 0 Å². The first-order valence-corrected chi connectivity index (χ1v) is 11.6. The first kappa shape index (κ1) is 22.5. The minimum Gasteiger partial charge on any atom is -0.392 e. The molecule has 29 heavy (non-hydrogen) atoms. The van der Waals surface area contributed by atoms with Crippen LogP contribution in [-0.2, 0) is 14.3 Å². The zero-order valence-electron chi connectivity index (χ0n) is 18.0. The van der Waals surface area contributed by atoms with Crippen molar-refractivity contribution >= 4 is 5.78 Å². The summed E-state index contributed by atoms with van der Waals surface area (Å²) in [5, 5.41) is 9.92. The smallest absolute Gasteiger partial charge is 0.189 e. The summed E-state index contributed by atoms with van der Waals surface area (Å²) >= 11 is 0. The minimum absolute atomic E-state index is 0.0354. The van der Waals surface area contributed by atoms with Crippen molar-refractivity contribution in [1.82, 2.24) is 0 Å². The van der Waals surface area contributed by atoms with E-state index in [4.69, 9.17) is 9.47 Å². The monoisotopic (exact) mass is 402 g/mol. The van der Waals surface area contributed by atoms with Crippen molar-refractivity contribution < 1.29 is 19.4 Å². The molecule has 4 atom stereocenters. The molecule has 0 amide bonds. The third kappa shape index (κ3) is 5.90. The highest BCUT2D eigenvalue weighted by molar-refractivity contribution is 5.96. The summed E-state index contributed by atoms with van der Waals surface area (Å²) < 4.78 is 12.9. The van der Waals surface area contributed by atoms with Crippen LogP contribution in [0.15, 0.2) is 36.0 Å². The molecule has 0 saturated carbocycles. The van der Waals surface area contributed by atoms with Crippen LogP contribution < -0.4 is 0 Å². The number of hydrogen-bond acceptors (Lipinski definition) is 4. The maximum Gasteiger partial charge on any atom is 0.189 e. The molecule has 2 heterocycles. The normalized spacial score (nSPS) is 31.9. The molecule has 3 aliphatic rings. The third-order valence-electron chi connectivity index (χ3n) is 6.66. The van der Waals surface area contributed by atoms with Crippen molar-refractivity contribution in [2.75, 3.05) is 6.61 Å². The van der Waals surface area contributed by atoms with Gasteiger partial charge in [0.25, 0.3) is 0 Å². The predicted molar refractivity (Wildman–Crippen MR) is 116 cm³/mol. The Kier molecular flexibility index (Phi) is 8.28. The number of allylic oxidation sites excluding steroid dienone is 2. The summed E-state index contributed by atoms with van der Waals surface area (Å²) in [5.41, 5.74) is 1.67. The Bertz CT molecular complexity index is 635. The molecule has 2 aliphatic heterocycles. The molecular weight excluding hydrogens is 364 g/mol. The number of rotatable bonds is 10. The molecule has 1 N–H and O–H groups in total. The molecule has 1 aliphatic carbocycles. The highest BCUT2D eigenvalue weighted by Gasteiger charge is 2.46. The van der Waals surface area contributed by atoms with E-state index < -0.39 is 5.79 Å². The summed E-state index contributed by atoms with van der Waals surface area (Å²) in [6.07, 6.45) is 19.2. The first-order chi connectivity index (χ1) is 14.1. The molecule has 0 aromatic heterocycles. The van der Waals surface area contributed by atoms with Gasteiger partial charge < -0.3 is 14.6 Å². The number of ketones is 1. The maximum absolute atomic E-state index is 12.1. The Labute approximate surface area is 176 Å². The van der Waals surface area contributed by atoms with Crippen LogP contribution in [0.4, 0.5) is 0 Å². The molecule has 162 valence electrons. The summed E-state index contributed by atoms with van der Waals surface area (Å²) in [7, 11) is 0. The number of ether oxygens (including phenoxy) is 2. The van der Waals surface area contributed by atoms with Crippen molar-refractivity contribution in [3.8, 4) is 0 Å². The van der Waals surface area contributed by atoms with E-state index in [1.807, 2.05) is 25.2 Å². The Morgan fingerprint density at radius 1 is 1.21 bits per heavy atom. The van der Waals surface area contributed by atoms with E-state index in [-0.39, 0.29) is 30.5 Å². The van der Waals surface area contributed by atoms with Crippen LogP contribution in [-0.4, -0.2) is 35.5 Å². The van der Waals surface area contributed by atoms with Crippen LogP contribution in [0, 0.1) is 5.92 Å². The summed E-state index contributed by atoms with van der Waals surface area (Å²) in [6, 6.07) is 0. The Hall–Kier alpha value is -1.23. The molecule has 4 heteroatoms. The van der Waals surface area contributed by atoms with E-state index >= 15 is 0 Å². The van der Waals surface area contributed by atoms with E-state index in [2.05, 4.69) is 6.58 Å². The third-order valence-corrected chi connectivity index (χ3v) is 6.66. The highest BCUT2D eigenvalue weighted by atomic mass is 16.7. The number of aliphatic hydroxyl groups is 1. The lowest BCUT2D eigenvalue weighted by molar-refractivity contribution is -0.275. The summed E-state index contributed by atoms with van der Waals surface area (Å²) in [5.74, 6) is -0.631. The van der Waals surface area contributed by atoms with Crippen LogP contribution in [0.1, 0.15) is 84.0 Å². The number of Topliss-reactive ketones (excluding diaryl/α,β-unsaturated/α-hetero) is 1. The lowest BCUT2D eigenvalue weighted by atomic mass is 9.78. The van der Waals surface area contributed by atoms with Gasteiger partial charge in [-0.15, -0.1) is 6.58 Å². The average Bonchev–Trinajstić information content (AvgIpc) is 2.71. The van der Waals surface area contributed by atoms with Crippen LogP contribution in [0.3, 0.4) is 0 Å². The standard InChI is InChI=1S/C25H38O4/c1-3-4-5-6-7-8-9-10-12-21-13-11-14-25(28-21)17-20(18-26)22-16-23(27)19(2)15-24(22)29-25/h3,15,17,21-22,24,26H,1,4-14,16,18H2,2H3/t21-,22-,24-,25+/m1/s1. The fourth-order valence-corrected chi connectivity index (χ4v) is 4.95. The van der Waals surface area contributed by atoms with E-state index in [1.54, 1.807) is 0 Å². The van der Waals surface area contributed by atoms with Crippen molar-refractivity contribution in [3.63, 3.8) is 0 Å². The van der Waals surface area contributed by atoms with Gasteiger partial charge in [0.2, 0.25) is 0 Å². The molecule has 0 unspecified atom stereocenters. The molecule has 1 fully saturated rings. The number of carbonyl (C=O) groups is 1. The van der Waals surface area contributed by atoms with Crippen molar-refractivity contribution in [2.45, 2.75) is 102 Å². The van der Waals surface area contributed by atoms with Crippen molar-refractivity contribution in [2.24, 2.45) is 5.92 Å². The molecule has 3 rings (SSSR count). The van der Waals surface area contributed by atoms with Gasteiger partial charge in [0.05, 0.1) is 18.8 Å². The summed E-state index contributed by atoms with van der Waals surface area (Å²) in [6.45, 7) is 5.59. The number of aliphatic hydroxyl groups excluding tert-OH is 1. The second-order valence-electron chi connectivity index (χ2n) is 8.97. The lowest BCUT2D eigenvalue weighted by Gasteiger charge is -2.47. The fourth-order valence-electron chi connectivity index (χ4n) is 4.95. The van der Waals surface area contributed by atoms with Crippen LogP contribution in [0.25, 0.3) is 0 Å².